The fourth-order valence-electron chi connectivity index (χ4n) is 0.834. The van der Waals surface area contributed by atoms with Gasteiger partial charge in [0.15, 0.2) is 0 Å². The first-order valence-electron chi connectivity index (χ1n) is 4.21. The van der Waals surface area contributed by atoms with Crippen molar-refractivity contribution in [3.8, 4) is 0 Å². The van der Waals surface area contributed by atoms with Gasteiger partial charge in [0, 0.05) is 19.1 Å². The van der Waals surface area contributed by atoms with Crippen molar-refractivity contribution in [3.05, 3.63) is 0 Å². The summed E-state index contributed by atoms with van der Waals surface area (Å²) in [5.41, 5.74) is 0. The summed E-state index contributed by atoms with van der Waals surface area (Å²) in [6.07, 6.45) is -0.173. The minimum atomic E-state index is -1.00. The molecule has 0 radical (unpaired) electrons. The molecule has 2 atom stereocenters. The zero-order valence-electron chi connectivity index (χ0n) is 7.86. The van der Waals surface area contributed by atoms with Gasteiger partial charge < -0.3 is 15.5 Å². The summed E-state index contributed by atoms with van der Waals surface area (Å²) in [5, 5.41) is 19.0. The molecule has 14 heavy (non-hydrogen) atoms. The molecule has 3 N–H and O–H groups in total. The molecular formula is C8H14ClNO4. The van der Waals surface area contributed by atoms with Gasteiger partial charge in [-0.3, -0.25) is 9.59 Å². The fraction of sp³-hybridized carbons (Fsp3) is 0.750. The molecule has 82 valence electrons. The van der Waals surface area contributed by atoms with E-state index >= 15 is 0 Å². The van der Waals surface area contributed by atoms with Gasteiger partial charge in [0.25, 0.3) is 0 Å². The number of hydrogen-bond acceptors (Lipinski definition) is 3. The highest BCUT2D eigenvalue weighted by Crippen LogP contribution is 2.01. The summed E-state index contributed by atoms with van der Waals surface area (Å²) in [4.78, 5) is 21.3. The summed E-state index contributed by atoms with van der Waals surface area (Å²) >= 11 is 5.47. The maximum atomic E-state index is 11.0. The van der Waals surface area contributed by atoms with E-state index in [4.69, 9.17) is 21.8 Å². The van der Waals surface area contributed by atoms with Crippen LogP contribution in [0.5, 0.6) is 0 Å². The summed E-state index contributed by atoms with van der Waals surface area (Å²) in [5.74, 6) is -1.83. The Bertz CT molecular complexity index is 208. The van der Waals surface area contributed by atoms with Crippen LogP contribution in [0.4, 0.5) is 0 Å². The highest BCUT2D eigenvalue weighted by Gasteiger charge is 2.15. The van der Waals surface area contributed by atoms with Gasteiger partial charge in [-0.2, -0.15) is 0 Å². The monoisotopic (exact) mass is 223 g/mol. The quantitative estimate of drug-likeness (QED) is 0.545. The van der Waals surface area contributed by atoms with E-state index in [1.54, 1.807) is 0 Å². The summed E-state index contributed by atoms with van der Waals surface area (Å²) < 4.78 is 0. The Kier molecular flexibility index (Phi) is 6.23. The van der Waals surface area contributed by atoms with E-state index in [2.05, 4.69) is 5.32 Å². The van der Waals surface area contributed by atoms with Gasteiger partial charge in [0.2, 0.25) is 5.91 Å². The summed E-state index contributed by atoms with van der Waals surface area (Å²) in [6, 6.07) is 0. The third-order valence-corrected chi connectivity index (χ3v) is 1.85. The number of rotatable bonds is 6. The SMILES string of the molecule is CC(Cl)C(=O)NCC(CO)CC(=O)O. The van der Waals surface area contributed by atoms with Crippen LogP contribution in [0.2, 0.25) is 0 Å². The fourth-order valence-corrected chi connectivity index (χ4v) is 0.911. The van der Waals surface area contributed by atoms with Crippen LogP contribution < -0.4 is 5.32 Å². The highest BCUT2D eigenvalue weighted by atomic mass is 35.5. The van der Waals surface area contributed by atoms with Gasteiger partial charge in [-0.25, -0.2) is 0 Å². The number of carboxylic acids is 1. The van der Waals surface area contributed by atoms with Crippen LogP contribution in [-0.2, 0) is 9.59 Å². The van der Waals surface area contributed by atoms with Gasteiger partial charge in [0.05, 0.1) is 6.42 Å². The standard InChI is InChI=1S/C8H14ClNO4/c1-5(9)8(14)10-3-6(4-11)2-7(12)13/h5-6,11H,2-4H2,1H3,(H,10,14)(H,12,13). The number of aliphatic hydroxyl groups excluding tert-OH is 1. The average molecular weight is 224 g/mol. The van der Waals surface area contributed by atoms with Crippen LogP contribution in [0.15, 0.2) is 0 Å². The third-order valence-electron chi connectivity index (χ3n) is 1.65. The number of carboxylic acid groups (broad SMARTS) is 1. The van der Waals surface area contributed by atoms with E-state index < -0.39 is 17.3 Å². The van der Waals surface area contributed by atoms with Gasteiger partial charge in [-0.15, -0.1) is 11.6 Å². The molecule has 2 unspecified atom stereocenters. The summed E-state index contributed by atoms with van der Waals surface area (Å²) in [6.45, 7) is 1.37. The first-order valence-corrected chi connectivity index (χ1v) is 4.65. The van der Waals surface area contributed by atoms with Gasteiger partial charge in [-0.1, -0.05) is 0 Å². The molecule has 0 heterocycles. The van der Waals surface area contributed by atoms with E-state index in [0.717, 1.165) is 0 Å². The van der Waals surface area contributed by atoms with Crippen molar-refractivity contribution < 1.29 is 19.8 Å². The van der Waals surface area contributed by atoms with E-state index in [0.29, 0.717) is 0 Å². The van der Waals surface area contributed by atoms with E-state index in [-0.39, 0.29) is 25.5 Å². The molecule has 5 nitrogen and oxygen atoms in total. The Morgan fingerprint density at radius 1 is 1.50 bits per heavy atom. The van der Waals surface area contributed by atoms with Crippen molar-refractivity contribution in [1.29, 1.82) is 0 Å². The van der Waals surface area contributed by atoms with Gasteiger partial charge >= 0.3 is 5.97 Å². The van der Waals surface area contributed by atoms with Crippen LogP contribution in [0.25, 0.3) is 0 Å². The van der Waals surface area contributed by atoms with Crippen LogP contribution >= 0.6 is 11.6 Å². The second-order valence-corrected chi connectivity index (χ2v) is 3.66. The van der Waals surface area contributed by atoms with E-state index in [1.165, 1.54) is 6.92 Å². The zero-order chi connectivity index (χ0) is 11.1. The van der Waals surface area contributed by atoms with Gasteiger partial charge in [-0.05, 0) is 6.92 Å². The maximum Gasteiger partial charge on any atom is 0.303 e. The predicted octanol–water partition coefficient (Wildman–Crippen LogP) is -0.187. The number of nitrogens with one attached hydrogen (secondary N) is 1. The van der Waals surface area contributed by atoms with Crippen molar-refractivity contribution in [2.24, 2.45) is 5.92 Å². The lowest BCUT2D eigenvalue weighted by Gasteiger charge is -2.13. The van der Waals surface area contributed by atoms with Crippen LogP contribution in [0.1, 0.15) is 13.3 Å². The highest BCUT2D eigenvalue weighted by molar-refractivity contribution is 6.30. The largest absolute Gasteiger partial charge is 0.481 e. The van der Waals surface area contributed by atoms with Crippen molar-refractivity contribution in [1.82, 2.24) is 5.32 Å². The summed E-state index contributed by atoms with van der Waals surface area (Å²) in [7, 11) is 0. The number of aliphatic hydroxyl groups is 1. The second kappa shape index (κ2) is 6.62. The molecule has 0 aromatic carbocycles. The Morgan fingerprint density at radius 3 is 2.43 bits per heavy atom. The zero-order valence-corrected chi connectivity index (χ0v) is 8.62. The number of amides is 1. The normalized spacial score (nSPS) is 14.5. The van der Waals surface area contributed by atoms with Crippen LogP contribution in [0.3, 0.4) is 0 Å². The molecule has 0 aromatic rings. The van der Waals surface area contributed by atoms with E-state index in [1.807, 2.05) is 0 Å². The molecule has 0 spiro atoms. The molecule has 0 saturated heterocycles. The lowest BCUT2D eigenvalue weighted by molar-refractivity contribution is -0.138. The Hall–Kier alpha value is -0.810. The van der Waals surface area contributed by atoms with Crippen molar-refractivity contribution >= 4 is 23.5 Å². The topological polar surface area (TPSA) is 86.6 Å². The van der Waals surface area contributed by atoms with Crippen molar-refractivity contribution in [2.45, 2.75) is 18.7 Å². The minimum Gasteiger partial charge on any atom is -0.481 e. The number of halogens is 1. The maximum absolute atomic E-state index is 11.0. The molecule has 6 heteroatoms. The molecule has 0 aliphatic heterocycles. The van der Waals surface area contributed by atoms with Crippen LogP contribution in [-0.4, -0.2) is 40.6 Å². The Balaban J connectivity index is 3.83. The number of carbonyl (C=O) groups excluding carboxylic acids is 1. The first-order chi connectivity index (χ1) is 6.47. The third kappa shape index (κ3) is 5.77. The molecule has 0 aromatic heterocycles. The van der Waals surface area contributed by atoms with Crippen LogP contribution in [0, 0.1) is 5.92 Å². The number of carbonyl (C=O) groups is 2. The molecular weight excluding hydrogens is 210 g/mol. The molecule has 0 fully saturated rings. The second-order valence-electron chi connectivity index (χ2n) is 3.01. The smallest absolute Gasteiger partial charge is 0.303 e. The Morgan fingerprint density at radius 2 is 2.07 bits per heavy atom. The lowest BCUT2D eigenvalue weighted by Crippen LogP contribution is -2.35. The van der Waals surface area contributed by atoms with E-state index in [9.17, 15) is 9.59 Å². The molecule has 0 bridgehead atoms. The first kappa shape index (κ1) is 13.2. The molecule has 0 rings (SSSR count). The molecule has 1 amide bonds. The average Bonchev–Trinajstić information content (AvgIpc) is 2.10. The lowest BCUT2D eigenvalue weighted by atomic mass is 10.1. The predicted molar refractivity (Wildman–Crippen MR) is 51.2 cm³/mol. The van der Waals surface area contributed by atoms with Gasteiger partial charge in [0.1, 0.15) is 5.38 Å². The molecule has 0 saturated carbocycles. The molecule has 0 aliphatic carbocycles. The number of alkyl halides is 1. The Labute approximate surface area is 87.1 Å². The molecule has 0 aliphatic rings. The van der Waals surface area contributed by atoms with Crippen molar-refractivity contribution in [3.63, 3.8) is 0 Å². The number of hydrogen-bond donors (Lipinski definition) is 3. The van der Waals surface area contributed by atoms with Crippen molar-refractivity contribution in [2.75, 3.05) is 13.2 Å². The number of aliphatic carboxylic acids is 1. The minimum absolute atomic E-state index is 0.124.